The van der Waals surface area contributed by atoms with Crippen LogP contribution in [0.5, 0.6) is 5.75 Å². The van der Waals surface area contributed by atoms with E-state index in [1.807, 2.05) is 12.3 Å². The van der Waals surface area contributed by atoms with Crippen LogP contribution in [0.1, 0.15) is 30.8 Å². The van der Waals surface area contributed by atoms with Gasteiger partial charge >= 0.3 is 0 Å². The van der Waals surface area contributed by atoms with Gasteiger partial charge < -0.3 is 14.4 Å². The molecule has 2 rings (SSSR count). The summed E-state index contributed by atoms with van der Waals surface area (Å²) in [5.74, 6) is 1.49. The standard InChI is InChI=1S/C15H19ClN2O2/c1-3-7-18-8-6-17-15(18)10-13(19)11-4-5-14(20-2)12(16)9-11/h4-6,8-9,13,19H,3,7,10H2,1-2H3. The van der Waals surface area contributed by atoms with Crippen molar-refractivity contribution in [1.29, 1.82) is 0 Å². The Morgan fingerprint density at radius 3 is 2.90 bits per heavy atom. The molecule has 1 heterocycles. The third-order valence-corrected chi connectivity index (χ3v) is 3.50. The summed E-state index contributed by atoms with van der Waals surface area (Å²) in [7, 11) is 1.57. The van der Waals surface area contributed by atoms with Crippen LogP contribution in [0.4, 0.5) is 0 Å². The molecule has 2 aromatic rings. The highest BCUT2D eigenvalue weighted by molar-refractivity contribution is 6.32. The molecule has 5 heteroatoms. The third-order valence-electron chi connectivity index (χ3n) is 3.20. The normalized spacial score (nSPS) is 12.4. The Balaban J connectivity index is 2.13. The molecule has 1 atom stereocenters. The molecular weight excluding hydrogens is 276 g/mol. The van der Waals surface area contributed by atoms with Gasteiger partial charge in [0.2, 0.25) is 0 Å². The van der Waals surface area contributed by atoms with Gasteiger partial charge in [-0.1, -0.05) is 24.6 Å². The first-order valence-corrected chi connectivity index (χ1v) is 7.05. The lowest BCUT2D eigenvalue weighted by Crippen LogP contribution is -2.09. The van der Waals surface area contributed by atoms with Crippen molar-refractivity contribution in [2.45, 2.75) is 32.4 Å². The fourth-order valence-corrected chi connectivity index (χ4v) is 2.42. The molecule has 0 fully saturated rings. The van der Waals surface area contributed by atoms with Gasteiger partial charge in [-0.2, -0.15) is 0 Å². The molecule has 20 heavy (non-hydrogen) atoms. The van der Waals surface area contributed by atoms with Crippen LogP contribution in [-0.4, -0.2) is 21.8 Å². The predicted octanol–water partition coefficient (Wildman–Crippen LogP) is 3.23. The van der Waals surface area contributed by atoms with Crippen molar-refractivity contribution >= 4 is 11.6 Å². The van der Waals surface area contributed by atoms with Gasteiger partial charge in [0.1, 0.15) is 11.6 Å². The second-order valence-electron chi connectivity index (χ2n) is 4.65. The largest absolute Gasteiger partial charge is 0.495 e. The number of hydrogen-bond donors (Lipinski definition) is 1. The lowest BCUT2D eigenvalue weighted by atomic mass is 10.1. The Bertz CT molecular complexity index is 569. The fraction of sp³-hybridized carbons (Fsp3) is 0.400. The minimum Gasteiger partial charge on any atom is -0.495 e. The second kappa shape index (κ2) is 6.77. The van der Waals surface area contributed by atoms with Gasteiger partial charge in [-0.15, -0.1) is 0 Å². The molecule has 0 saturated carbocycles. The van der Waals surface area contributed by atoms with E-state index in [9.17, 15) is 5.11 Å². The van der Waals surface area contributed by atoms with E-state index in [0.717, 1.165) is 24.4 Å². The Morgan fingerprint density at radius 2 is 2.25 bits per heavy atom. The quantitative estimate of drug-likeness (QED) is 0.890. The number of benzene rings is 1. The van der Waals surface area contributed by atoms with E-state index < -0.39 is 6.10 Å². The number of methoxy groups -OCH3 is 1. The van der Waals surface area contributed by atoms with E-state index in [4.69, 9.17) is 16.3 Å². The topological polar surface area (TPSA) is 47.3 Å². The summed E-state index contributed by atoms with van der Waals surface area (Å²) in [6, 6.07) is 5.32. The summed E-state index contributed by atoms with van der Waals surface area (Å²) in [6.45, 7) is 3.02. The molecule has 0 aliphatic rings. The van der Waals surface area contributed by atoms with Crippen LogP contribution in [-0.2, 0) is 13.0 Å². The zero-order chi connectivity index (χ0) is 14.5. The van der Waals surface area contributed by atoms with E-state index in [0.29, 0.717) is 17.2 Å². The number of imidazole rings is 1. The first-order chi connectivity index (χ1) is 9.65. The van der Waals surface area contributed by atoms with Gasteiger partial charge in [-0.3, -0.25) is 0 Å². The summed E-state index contributed by atoms with van der Waals surface area (Å²) < 4.78 is 7.17. The summed E-state index contributed by atoms with van der Waals surface area (Å²) >= 11 is 6.08. The van der Waals surface area contributed by atoms with E-state index >= 15 is 0 Å². The van der Waals surface area contributed by atoms with Crippen LogP contribution in [0.3, 0.4) is 0 Å². The maximum absolute atomic E-state index is 10.3. The van der Waals surface area contributed by atoms with Crippen molar-refractivity contribution in [2.24, 2.45) is 0 Å². The molecule has 0 amide bonds. The molecule has 1 aromatic carbocycles. The first kappa shape index (κ1) is 14.9. The Kier molecular flexibility index (Phi) is 5.04. The Morgan fingerprint density at radius 1 is 1.45 bits per heavy atom. The number of aliphatic hydroxyl groups excluding tert-OH is 1. The molecule has 0 saturated heterocycles. The predicted molar refractivity (Wildman–Crippen MR) is 79.2 cm³/mol. The van der Waals surface area contributed by atoms with Crippen molar-refractivity contribution in [1.82, 2.24) is 9.55 Å². The zero-order valence-corrected chi connectivity index (χ0v) is 12.5. The monoisotopic (exact) mass is 294 g/mol. The average Bonchev–Trinajstić information content (AvgIpc) is 2.86. The second-order valence-corrected chi connectivity index (χ2v) is 5.06. The van der Waals surface area contributed by atoms with E-state index in [1.165, 1.54) is 0 Å². The van der Waals surface area contributed by atoms with Crippen molar-refractivity contribution in [2.75, 3.05) is 7.11 Å². The third kappa shape index (κ3) is 3.32. The number of aryl methyl sites for hydroxylation is 1. The van der Waals surface area contributed by atoms with Crippen LogP contribution >= 0.6 is 11.6 Å². The van der Waals surface area contributed by atoms with Crippen LogP contribution in [0, 0.1) is 0 Å². The van der Waals surface area contributed by atoms with Gasteiger partial charge in [0.15, 0.2) is 0 Å². The van der Waals surface area contributed by atoms with Gasteiger partial charge in [0, 0.05) is 25.4 Å². The van der Waals surface area contributed by atoms with Gasteiger partial charge in [-0.25, -0.2) is 4.98 Å². The van der Waals surface area contributed by atoms with Crippen molar-refractivity contribution in [3.8, 4) is 5.75 Å². The zero-order valence-electron chi connectivity index (χ0n) is 11.7. The number of rotatable bonds is 6. The number of aromatic nitrogens is 2. The highest BCUT2D eigenvalue weighted by Gasteiger charge is 2.14. The highest BCUT2D eigenvalue weighted by atomic mass is 35.5. The molecule has 1 aromatic heterocycles. The van der Waals surface area contributed by atoms with E-state index in [2.05, 4.69) is 16.5 Å². The number of hydrogen-bond acceptors (Lipinski definition) is 3. The fourth-order valence-electron chi connectivity index (χ4n) is 2.16. The van der Waals surface area contributed by atoms with E-state index in [-0.39, 0.29) is 0 Å². The maximum Gasteiger partial charge on any atom is 0.137 e. The molecular formula is C15H19ClN2O2. The van der Waals surface area contributed by atoms with Crippen molar-refractivity contribution in [3.05, 3.63) is 47.0 Å². The minimum atomic E-state index is -0.628. The van der Waals surface area contributed by atoms with Gasteiger partial charge in [0.05, 0.1) is 18.2 Å². The van der Waals surface area contributed by atoms with Crippen LogP contribution in [0.25, 0.3) is 0 Å². The van der Waals surface area contributed by atoms with Crippen LogP contribution in [0.2, 0.25) is 5.02 Å². The maximum atomic E-state index is 10.3. The smallest absolute Gasteiger partial charge is 0.137 e. The van der Waals surface area contributed by atoms with Gasteiger partial charge in [0.25, 0.3) is 0 Å². The molecule has 0 bridgehead atoms. The lowest BCUT2D eigenvalue weighted by Gasteiger charge is -2.13. The van der Waals surface area contributed by atoms with Crippen molar-refractivity contribution in [3.63, 3.8) is 0 Å². The SMILES string of the molecule is CCCn1ccnc1CC(O)c1ccc(OC)c(Cl)c1. The number of halogens is 1. The number of ether oxygens (including phenoxy) is 1. The summed E-state index contributed by atoms with van der Waals surface area (Å²) in [6.07, 6.45) is 4.57. The molecule has 0 aliphatic carbocycles. The van der Waals surface area contributed by atoms with Crippen molar-refractivity contribution < 1.29 is 9.84 Å². The molecule has 1 unspecified atom stereocenters. The Hall–Kier alpha value is -1.52. The molecule has 0 spiro atoms. The summed E-state index contributed by atoms with van der Waals surface area (Å²) in [5.41, 5.74) is 0.766. The average molecular weight is 295 g/mol. The molecule has 0 radical (unpaired) electrons. The molecule has 4 nitrogen and oxygen atoms in total. The van der Waals surface area contributed by atoms with E-state index in [1.54, 1.807) is 25.4 Å². The molecule has 1 N–H and O–H groups in total. The van der Waals surface area contributed by atoms with Crippen LogP contribution in [0.15, 0.2) is 30.6 Å². The summed E-state index contributed by atoms with van der Waals surface area (Å²) in [4.78, 5) is 4.30. The van der Waals surface area contributed by atoms with Crippen LogP contribution < -0.4 is 4.74 Å². The highest BCUT2D eigenvalue weighted by Crippen LogP contribution is 2.28. The van der Waals surface area contributed by atoms with Gasteiger partial charge in [-0.05, 0) is 24.1 Å². The minimum absolute atomic E-state index is 0.468. The number of aliphatic hydroxyl groups is 1. The molecule has 108 valence electrons. The molecule has 0 aliphatic heterocycles. The Labute approximate surface area is 124 Å². The summed E-state index contributed by atoms with van der Waals surface area (Å²) in [5, 5.41) is 10.8. The number of nitrogens with zero attached hydrogens (tertiary/aromatic N) is 2. The lowest BCUT2D eigenvalue weighted by molar-refractivity contribution is 0.174. The first-order valence-electron chi connectivity index (χ1n) is 6.67.